The smallest absolute Gasteiger partial charge is 0.326 e. The van der Waals surface area contributed by atoms with Gasteiger partial charge in [0.1, 0.15) is 23.1 Å². The number of carbonyl (C=O) groups excluding carboxylic acids is 2. The number of anilines is 3. The van der Waals surface area contributed by atoms with Gasteiger partial charge in [-0.25, -0.2) is 18.4 Å². The topological polar surface area (TPSA) is 82.7 Å². The second-order valence-electron chi connectivity index (χ2n) is 8.37. The van der Waals surface area contributed by atoms with Crippen LogP contribution in [-0.2, 0) is 0 Å². The Bertz CT molecular complexity index is 1400. The molecule has 0 fully saturated rings. The van der Waals surface area contributed by atoms with Gasteiger partial charge in [0.25, 0.3) is 0 Å². The van der Waals surface area contributed by atoms with E-state index in [0.717, 1.165) is 17.7 Å². The fraction of sp³-hybridized carbons (Fsp3) is 0.103. The van der Waals surface area contributed by atoms with Gasteiger partial charge in [0.15, 0.2) is 0 Å². The van der Waals surface area contributed by atoms with Crippen LogP contribution in [0.2, 0.25) is 0 Å². The van der Waals surface area contributed by atoms with Crippen molar-refractivity contribution in [1.82, 2.24) is 5.32 Å². The molecule has 0 heterocycles. The summed E-state index contributed by atoms with van der Waals surface area (Å²) in [4.78, 5) is 26.9. The molecule has 194 valence electrons. The predicted molar refractivity (Wildman–Crippen MR) is 144 cm³/mol. The highest BCUT2D eigenvalue weighted by Crippen LogP contribution is 2.25. The maximum atomic E-state index is 13.8. The fourth-order valence-corrected chi connectivity index (χ4v) is 3.62. The summed E-state index contributed by atoms with van der Waals surface area (Å²) < 4.78 is 32.8. The van der Waals surface area contributed by atoms with Crippen LogP contribution in [0.4, 0.5) is 35.4 Å². The van der Waals surface area contributed by atoms with Crippen molar-refractivity contribution in [1.29, 1.82) is 0 Å². The number of rotatable bonds is 8. The number of halogens is 2. The highest BCUT2D eigenvalue weighted by molar-refractivity contribution is 6.02. The van der Waals surface area contributed by atoms with Gasteiger partial charge in [-0.05, 0) is 73.2 Å². The number of hydrogen-bond donors (Lipinski definition) is 3. The Labute approximate surface area is 219 Å². The second-order valence-corrected chi connectivity index (χ2v) is 8.37. The van der Waals surface area contributed by atoms with E-state index >= 15 is 0 Å². The number of carbonyl (C=O) groups is 2. The van der Waals surface area contributed by atoms with E-state index in [4.69, 9.17) is 4.74 Å². The molecule has 0 saturated heterocycles. The number of benzene rings is 4. The zero-order chi connectivity index (χ0) is 26.9. The van der Waals surface area contributed by atoms with Crippen molar-refractivity contribution in [3.05, 3.63) is 114 Å². The molecule has 4 aromatic rings. The van der Waals surface area contributed by atoms with Crippen LogP contribution in [-0.4, -0.2) is 25.2 Å². The van der Waals surface area contributed by atoms with Gasteiger partial charge in [-0.15, -0.1) is 0 Å². The number of nitrogens with zero attached hydrogens (tertiary/aromatic N) is 1. The van der Waals surface area contributed by atoms with E-state index in [1.165, 1.54) is 4.90 Å². The third-order valence-electron chi connectivity index (χ3n) is 5.44. The molecule has 7 nitrogen and oxygen atoms in total. The molecular weight excluding hydrogens is 490 g/mol. The number of aryl methyl sites for hydroxylation is 1. The zero-order valence-electron chi connectivity index (χ0n) is 20.6. The highest BCUT2D eigenvalue weighted by Gasteiger charge is 2.17. The van der Waals surface area contributed by atoms with Crippen LogP contribution in [0.3, 0.4) is 0 Å². The quantitative estimate of drug-likeness (QED) is 0.238. The third kappa shape index (κ3) is 7.30. The molecule has 0 spiro atoms. The highest BCUT2D eigenvalue weighted by atomic mass is 19.1. The lowest BCUT2D eigenvalue weighted by Crippen LogP contribution is -2.42. The molecule has 0 aliphatic rings. The average molecular weight is 517 g/mol. The lowest BCUT2D eigenvalue weighted by molar-refractivity contribution is 0.250. The predicted octanol–water partition coefficient (Wildman–Crippen LogP) is 6.93. The summed E-state index contributed by atoms with van der Waals surface area (Å²) >= 11 is 0. The van der Waals surface area contributed by atoms with E-state index in [0.29, 0.717) is 28.9 Å². The Morgan fingerprint density at radius 3 is 2.26 bits per heavy atom. The molecule has 0 radical (unpaired) electrons. The van der Waals surface area contributed by atoms with Crippen LogP contribution in [0.1, 0.15) is 5.56 Å². The molecule has 0 saturated carbocycles. The van der Waals surface area contributed by atoms with Crippen molar-refractivity contribution in [2.24, 2.45) is 0 Å². The average Bonchev–Trinajstić information content (AvgIpc) is 2.89. The van der Waals surface area contributed by atoms with E-state index in [2.05, 4.69) is 16.0 Å². The van der Waals surface area contributed by atoms with Crippen molar-refractivity contribution in [2.75, 3.05) is 28.6 Å². The summed E-state index contributed by atoms with van der Waals surface area (Å²) in [6.45, 7) is 2.08. The van der Waals surface area contributed by atoms with E-state index in [9.17, 15) is 18.4 Å². The molecule has 0 bridgehead atoms. The van der Waals surface area contributed by atoms with Gasteiger partial charge in [-0.3, -0.25) is 4.90 Å². The number of amides is 4. The maximum Gasteiger partial charge on any atom is 0.326 e. The van der Waals surface area contributed by atoms with E-state index in [1.54, 1.807) is 30.3 Å². The summed E-state index contributed by atoms with van der Waals surface area (Å²) in [5, 5.41) is 7.79. The molecule has 38 heavy (non-hydrogen) atoms. The minimum atomic E-state index is -0.892. The van der Waals surface area contributed by atoms with E-state index in [-0.39, 0.29) is 18.8 Å². The summed E-state index contributed by atoms with van der Waals surface area (Å²) in [5.74, 6) is -0.360. The zero-order valence-corrected chi connectivity index (χ0v) is 20.6. The van der Waals surface area contributed by atoms with Crippen LogP contribution in [0.5, 0.6) is 11.5 Å². The number of urea groups is 2. The van der Waals surface area contributed by atoms with Gasteiger partial charge in [0.2, 0.25) is 0 Å². The molecule has 0 unspecified atom stereocenters. The molecule has 9 heteroatoms. The SMILES string of the molecule is Cc1cccc(NC(=O)N(CCNC(=O)Nc2ccc(F)cc2F)c2ccc(Oc3ccccc3)cc2)c1. The first-order valence-corrected chi connectivity index (χ1v) is 11.9. The van der Waals surface area contributed by atoms with Crippen molar-refractivity contribution < 1.29 is 23.1 Å². The number of ether oxygens (including phenoxy) is 1. The summed E-state index contributed by atoms with van der Waals surface area (Å²) in [5.41, 5.74) is 2.03. The third-order valence-corrected chi connectivity index (χ3v) is 5.44. The van der Waals surface area contributed by atoms with Gasteiger partial charge in [-0.1, -0.05) is 30.3 Å². The maximum absolute atomic E-state index is 13.8. The van der Waals surface area contributed by atoms with Crippen LogP contribution >= 0.6 is 0 Å². The lowest BCUT2D eigenvalue weighted by atomic mass is 10.2. The number of nitrogens with one attached hydrogen (secondary N) is 3. The first-order chi connectivity index (χ1) is 18.4. The molecular formula is C29H26F2N4O3. The van der Waals surface area contributed by atoms with E-state index < -0.39 is 23.7 Å². The Morgan fingerprint density at radius 1 is 0.816 bits per heavy atom. The van der Waals surface area contributed by atoms with Crippen molar-refractivity contribution in [3.8, 4) is 11.5 Å². The summed E-state index contributed by atoms with van der Waals surface area (Å²) in [6.07, 6.45) is 0. The van der Waals surface area contributed by atoms with Crippen LogP contribution < -0.4 is 25.6 Å². The summed E-state index contributed by atoms with van der Waals surface area (Å²) in [6, 6.07) is 25.4. The molecule has 3 N–H and O–H groups in total. The lowest BCUT2D eigenvalue weighted by Gasteiger charge is -2.24. The fourth-order valence-electron chi connectivity index (χ4n) is 3.62. The summed E-state index contributed by atoms with van der Waals surface area (Å²) in [7, 11) is 0. The molecule has 4 aromatic carbocycles. The minimum Gasteiger partial charge on any atom is -0.457 e. The van der Waals surface area contributed by atoms with E-state index in [1.807, 2.05) is 55.5 Å². The van der Waals surface area contributed by atoms with Gasteiger partial charge in [-0.2, -0.15) is 0 Å². The standard InChI is InChI=1S/C29H26F2N4O3/c1-20-6-5-7-22(18-20)33-29(37)35(17-16-32-28(36)34-27-15-10-21(30)19-26(27)31)23-11-13-25(14-12-23)38-24-8-3-2-4-9-24/h2-15,18-19H,16-17H2,1H3,(H,33,37)(H2,32,34,36). The monoisotopic (exact) mass is 516 g/mol. The molecule has 4 amide bonds. The Kier molecular flexibility index (Phi) is 8.50. The van der Waals surface area contributed by atoms with Crippen LogP contribution in [0.25, 0.3) is 0 Å². The first-order valence-electron chi connectivity index (χ1n) is 11.9. The Balaban J connectivity index is 1.44. The van der Waals surface area contributed by atoms with Gasteiger partial charge in [0.05, 0.1) is 5.69 Å². The molecule has 0 aromatic heterocycles. The molecule has 4 rings (SSSR count). The van der Waals surface area contributed by atoms with Gasteiger partial charge < -0.3 is 20.7 Å². The number of para-hydroxylation sites is 1. The van der Waals surface area contributed by atoms with Gasteiger partial charge in [0, 0.05) is 30.5 Å². The largest absolute Gasteiger partial charge is 0.457 e. The second kappa shape index (κ2) is 12.4. The van der Waals surface area contributed by atoms with Crippen molar-refractivity contribution in [3.63, 3.8) is 0 Å². The first kappa shape index (κ1) is 26.2. The molecule has 0 aliphatic heterocycles. The minimum absolute atomic E-state index is 0.0537. The Hall–Kier alpha value is -4.92. The van der Waals surface area contributed by atoms with Crippen molar-refractivity contribution >= 4 is 29.1 Å². The molecule has 0 aliphatic carbocycles. The number of hydrogen-bond acceptors (Lipinski definition) is 3. The molecule has 0 atom stereocenters. The van der Waals surface area contributed by atoms with Crippen LogP contribution in [0.15, 0.2) is 97.1 Å². The Morgan fingerprint density at radius 2 is 1.55 bits per heavy atom. The van der Waals surface area contributed by atoms with Crippen molar-refractivity contribution in [2.45, 2.75) is 6.92 Å². The normalized spacial score (nSPS) is 10.4. The van der Waals surface area contributed by atoms with Gasteiger partial charge >= 0.3 is 12.1 Å². The van der Waals surface area contributed by atoms with Crippen LogP contribution in [0, 0.1) is 18.6 Å².